The first-order valence-electron chi connectivity index (χ1n) is 7.57. The van der Waals surface area contributed by atoms with E-state index in [-0.39, 0.29) is 19.1 Å². The van der Waals surface area contributed by atoms with E-state index >= 15 is 0 Å². The number of carbonyl (C=O) groups is 2. The number of hydrogen-bond acceptors (Lipinski definition) is 5. The number of benzene rings is 2. The Morgan fingerprint density at radius 1 is 1.08 bits per heavy atom. The highest BCUT2D eigenvalue weighted by Crippen LogP contribution is 2.16. The summed E-state index contributed by atoms with van der Waals surface area (Å²) in [6.07, 6.45) is 0. The van der Waals surface area contributed by atoms with Gasteiger partial charge in [-0.15, -0.1) is 0 Å². The molecule has 0 aliphatic rings. The summed E-state index contributed by atoms with van der Waals surface area (Å²) >= 11 is 0. The minimum atomic E-state index is -0.452. The number of aliphatic hydroxyl groups excluding tert-OH is 1. The first-order chi connectivity index (χ1) is 11.6. The first kappa shape index (κ1) is 17.5. The molecule has 0 aliphatic carbocycles. The van der Waals surface area contributed by atoms with Crippen LogP contribution in [0.2, 0.25) is 0 Å². The Kier molecular flexibility index (Phi) is 6.33. The van der Waals surface area contributed by atoms with Gasteiger partial charge in [0.2, 0.25) is 5.91 Å². The van der Waals surface area contributed by atoms with Gasteiger partial charge in [-0.3, -0.25) is 4.79 Å². The van der Waals surface area contributed by atoms with Gasteiger partial charge in [0.25, 0.3) is 0 Å². The van der Waals surface area contributed by atoms with Crippen molar-refractivity contribution in [2.24, 2.45) is 0 Å². The van der Waals surface area contributed by atoms with Crippen LogP contribution in [0.5, 0.6) is 0 Å². The van der Waals surface area contributed by atoms with E-state index < -0.39 is 5.97 Å². The predicted molar refractivity (Wildman–Crippen MR) is 91.9 cm³/mol. The lowest BCUT2D eigenvalue weighted by Gasteiger charge is -2.09. The fourth-order valence-corrected chi connectivity index (χ4v) is 2.09. The van der Waals surface area contributed by atoms with E-state index in [4.69, 9.17) is 9.84 Å². The lowest BCUT2D eigenvalue weighted by Crippen LogP contribution is -2.09. The lowest BCUT2D eigenvalue weighted by molar-refractivity contribution is -0.114. The highest BCUT2D eigenvalue weighted by molar-refractivity contribution is 5.89. The van der Waals surface area contributed by atoms with Gasteiger partial charge in [-0.25, -0.2) is 4.79 Å². The van der Waals surface area contributed by atoms with Crippen molar-refractivity contribution in [2.75, 3.05) is 23.8 Å². The van der Waals surface area contributed by atoms with E-state index in [0.29, 0.717) is 12.1 Å². The standard InChI is InChI=1S/C18H20N2O4/c1-13(22)20-17-4-2-3-16(11-17)19-12-14-5-7-15(8-6-14)18(23)24-10-9-21/h2-8,11,19,21H,9-10,12H2,1H3,(H,20,22). The van der Waals surface area contributed by atoms with Crippen LogP contribution >= 0.6 is 0 Å². The molecular weight excluding hydrogens is 308 g/mol. The van der Waals surface area contributed by atoms with E-state index in [1.165, 1.54) is 6.92 Å². The van der Waals surface area contributed by atoms with Crippen LogP contribution in [0.15, 0.2) is 48.5 Å². The van der Waals surface area contributed by atoms with E-state index in [1.54, 1.807) is 12.1 Å². The minimum Gasteiger partial charge on any atom is -0.460 e. The zero-order valence-corrected chi connectivity index (χ0v) is 13.4. The maximum absolute atomic E-state index is 11.6. The van der Waals surface area contributed by atoms with Gasteiger partial charge in [0.15, 0.2) is 0 Å². The summed E-state index contributed by atoms with van der Waals surface area (Å²) in [5.74, 6) is -0.567. The molecule has 0 aliphatic heterocycles. The molecule has 0 heterocycles. The zero-order valence-electron chi connectivity index (χ0n) is 13.4. The van der Waals surface area contributed by atoms with Gasteiger partial charge in [0.05, 0.1) is 12.2 Å². The molecule has 126 valence electrons. The molecule has 0 atom stereocenters. The van der Waals surface area contributed by atoms with Gasteiger partial charge in [-0.1, -0.05) is 18.2 Å². The van der Waals surface area contributed by atoms with Crippen LogP contribution in [0.1, 0.15) is 22.8 Å². The molecule has 2 aromatic carbocycles. The molecule has 0 spiro atoms. The smallest absolute Gasteiger partial charge is 0.338 e. The molecule has 2 rings (SSSR count). The molecule has 0 fully saturated rings. The third-order valence-corrected chi connectivity index (χ3v) is 3.19. The van der Waals surface area contributed by atoms with E-state index in [1.807, 2.05) is 36.4 Å². The Balaban J connectivity index is 1.92. The summed E-state index contributed by atoms with van der Waals surface area (Å²) in [5.41, 5.74) is 3.06. The predicted octanol–water partition coefficient (Wildman–Crippen LogP) is 2.41. The van der Waals surface area contributed by atoms with Crippen LogP contribution in [0.4, 0.5) is 11.4 Å². The van der Waals surface area contributed by atoms with Crippen molar-refractivity contribution in [2.45, 2.75) is 13.5 Å². The van der Waals surface area contributed by atoms with Crippen molar-refractivity contribution in [3.8, 4) is 0 Å². The maximum Gasteiger partial charge on any atom is 0.338 e. The number of rotatable bonds is 7. The molecular formula is C18H20N2O4. The normalized spacial score (nSPS) is 10.1. The Morgan fingerprint density at radius 2 is 1.79 bits per heavy atom. The Morgan fingerprint density at radius 3 is 2.46 bits per heavy atom. The summed E-state index contributed by atoms with van der Waals surface area (Å²) in [6.45, 7) is 1.85. The van der Waals surface area contributed by atoms with Crippen molar-refractivity contribution in [3.63, 3.8) is 0 Å². The van der Waals surface area contributed by atoms with Gasteiger partial charge in [0, 0.05) is 24.8 Å². The Hall–Kier alpha value is -2.86. The van der Waals surface area contributed by atoms with Crippen LogP contribution in [-0.2, 0) is 16.1 Å². The highest BCUT2D eigenvalue weighted by atomic mass is 16.5. The number of aliphatic hydroxyl groups is 1. The number of hydrogen-bond donors (Lipinski definition) is 3. The van der Waals surface area contributed by atoms with Crippen molar-refractivity contribution in [1.82, 2.24) is 0 Å². The van der Waals surface area contributed by atoms with Gasteiger partial charge < -0.3 is 20.5 Å². The van der Waals surface area contributed by atoms with Gasteiger partial charge in [-0.2, -0.15) is 0 Å². The largest absolute Gasteiger partial charge is 0.460 e. The molecule has 6 nitrogen and oxygen atoms in total. The van der Waals surface area contributed by atoms with Crippen molar-refractivity contribution >= 4 is 23.3 Å². The molecule has 3 N–H and O–H groups in total. The maximum atomic E-state index is 11.6. The van der Waals surface area contributed by atoms with Gasteiger partial charge in [0.1, 0.15) is 6.61 Å². The molecule has 0 aromatic heterocycles. The van der Waals surface area contributed by atoms with Gasteiger partial charge >= 0.3 is 5.97 Å². The molecule has 0 radical (unpaired) electrons. The average Bonchev–Trinajstić information content (AvgIpc) is 2.58. The summed E-state index contributed by atoms with van der Waals surface area (Å²) in [6, 6.07) is 14.5. The molecule has 2 aromatic rings. The monoisotopic (exact) mass is 328 g/mol. The molecule has 24 heavy (non-hydrogen) atoms. The van der Waals surface area contributed by atoms with Gasteiger partial charge in [-0.05, 0) is 35.9 Å². The number of amides is 1. The number of anilines is 2. The summed E-state index contributed by atoms with van der Waals surface area (Å²) in [4.78, 5) is 22.7. The Bertz CT molecular complexity index is 698. The topological polar surface area (TPSA) is 87.7 Å². The third kappa shape index (κ3) is 5.40. The lowest BCUT2D eigenvalue weighted by atomic mass is 10.1. The SMILES string of the molecule is CC(=O)Nc1cccc(NCc2ccc(C(=O)OCCO)cc2)c1. The second-order valence-corrected chi connectivity index (χ2v) is 5.17. The first-order valence-corrected chi connectivity index (χ1v) is 7.57. The van der Waals surface area contributed by atoms with E-state index in [9.17, 15) is 9.59 Å². The molecule has 0 saturated heterocycles. The fourth-order valence-electron chi connectivity index (χ4n) is 2.09. The van der Waals surface area contributed by atoms with Crippen LogP contribution in [-0.4, -0.2) is 30.2 Å². The Labute approximate surface area is 140 Å². The summed E-state index contributed by atoms with van der Waals surface area (Å²) < 4.78 is 4.85. The number of ether oxygens (including phenoxy) is 1. The van der Waals surface area contributed by atoms with Crippen LogP contribution < -0.4 is 10.6 Å². The molecule has 0 unspecified atom stereocenters. The highest BCUT2D eigenvalue weighted by Gasteiger charge is 2.06. The molecule has 6 heteroatoms. The number of nitrogens with one attached hydrogen (secondary N) is 2. The molecule has 0 bridgehead atoms. The zero-order chi connectivity index (χ0) is 17.4. The summed E-state index contributed by atoms with van der Waals surface area (Å²) in [5, 5.41) is 14.6. The summed E-state index contributed by atoms with van der Waals surface area (Å²) in [7, 11) is 0. The molecule has 0 saturated carbocycles. The quantitative estimate of drug-likeness (QED) is 0.679. The second-order valence-electron chi connectivity index (χ2n) is 5.17. The van der Waals surface area contributed by atoms with Crippen molar-refractivity contribution in [1.29, 1.82) is 0 Å². The molecule has 1 amide bonds. The fraction of sp³-hybridized carbons (Fsp3) is 0.222. The van der Waals surface area contributed by atoms with E-state index in [2.05, 4.69) is 10.6 Å². The third-order valence-electron chi connectivity index (χ3n) is 3.19. The number of esters is 1. The van der Waals surface area contributed by atoms with Crippen molar-refractivity contribution in [3.05, 3.63) is 59.7 Å². The second kappa shape index (κ2) is 8.69. The minimum absolute atomic E-state index is 0.00716. The van der Waals surface area contributed by atoms with Crippen LogP contribution in [0.3, 0.4) is 0 Å². The van der Waals surface area contributed by atoms with Crippen LogP contribution in [0, 0.1) is 0 Å². The van der Waals surface area contributed by atoms with Crippen LogP contribution in [0.25, 0.3) is 0 Å². The average molecular weight is 328 g/mol. The van der Waals surface area contributed by atoms with E-state index in [0.717, 1.165) is 16.9 Å². The van der Waals surface area contributed by atoms with Crippen molar-refractivity contribution < 1.29 is 19.4 Å². The number of carbonyl (C=O) groups excluding carboxylic acids is 2.